The first-order chi connectivity index (χ1) is 13.2. The molecule has 0 radical (unpaired) electrons. The number of rotatable bonds is 5. The van der Waals surface area contributed by atoms with Gasteiger partial charge in [-0.3, -0.25) is 9.36 Å². The minimum Gasteiger partial charge on any atom is -0.352 e. The molecule has 1 aliphatic heterocycles. The normalized spacial score (nSPS) is 19.4. The Labute approximate surface area is 164 Å². The lowest BCUT2D eigenvalue weighted by Crippen LogP contribution is -2.42. The lowest BCUT2D eigenvalue weighted by atomic mass is 9.95. The summed E-state index contributed by atoms with van der Waals surface area (Å²) in [5, 5.41) is 11.1. The summed E-state index contributed by atoms with van der Waals surface area (Å²) in [6, 6.07) is 6.18. The number of amides is 1. The first kappa shape index (κ1) is 18.4. The van der Waals surface area contributed by atoms with Crippen molar-refractivity contribution in [2.24, 2.45) is 5.92 Å². The van der Waals surface area contributed by atoms with Crippen LogP contribution in [0.4, 0.5) is 0 Å². The summed E-state index contributed by atoms with van der Waals surface area (Å²) < 4.78 is 1.76. The second-order valence-corrected chi connectivity index (χ2v) is 8.07. The number of benzene rings is 1. The molecular formula is C20H26ClN5O. The number of aromatic nitrogens is 3. The molecule has 1 aromatic carbocycles. The van der Waals surface area contributed by atoms with E-state index in [9.17, 15) is 4.79 Å². The summed E-state index contributed by atoms with van der Waals surface area (Å²) in [5.74, 6) is 0.430. The Bertz CT molecular complexity index is 765. The smallest absolute Gasteiger partial charge is 0.252 e. The third-order valence-corrected chi connectivity index (χ3v) is 6.28. The van der Waals surface area contributed by atoms with E-state index in [2.05, 4.69) is 20.4 Å². The maximum absolute atomic E-state index is 12.7. The molecule has 0 spiro atoms. The third-order valence-electron chi connectivity index (χ3n) is 5.95. The van der Waals surface area contributed by atoms with Crippen molar-refractivity contribution >= 4 is 17.5 Å². The van der Waals surface area contributed by atoms with Gasteiger partial charge >= 0.3 is 0 Å². The highest BCUT2D eigenvalue weighted by molar-refractivity contribution is 6.33. The summed E-state index contributed by atoms with van der Waals surface area (Å²) in [6.07, 6.45) is 11.0. The van der Waals surface area contributed by atoms with E-state index in [1.807, 2.05) is 6.07 Å². The molecule has 1 aromatic heterocycles. The van der Waals surface area contributed by atoms with Gasteiger partial charge in [0.2, 0.25) is 0 Å². The Hall–Kier alpha value is -1.92. The van der Waals surface area contributed by atoms with Gasteiger partial charge in [-0.2, -0.15) is 0 Å². The van der Waals surface area contributed by atoms with Crippen molar-refractivity contribution in [3.05, 3.63) is 41.4 Å². The molecule has 1 aliphatic carbocycles. The van der Waals surface area contributed by atoms with Crippen molar-refractivity contribution < 1.29 is 4.79 Å². The van der Waals surface area contributed by atoms with Gasteiger partial charge in [-0.25, -0.2) is 0 Å². The van der Waals surface area contributed by atoms with Crippen LogP contribution in [-0.2, 0) is 0 Å². The quantitative estimate of drug-likeness (QED) is 0.854. The van der Waals surface area contributed by atoms with Crippen LogP contribution in [-0.4, -0.2) is 51.2 Å². The number of carbonyl (C=O) groups excluding carboxylic acids is 1. The third kappa shape index (κ3) is 4.33. The molecule has 2 heterocycles. The molecule has 1 N–H and O–H groups in total. The van der Waals surface area contributed by atoms with E-state index in [0.717, 1.165) is 37.7 Å². The number of hydrogen-bond acceptors (Lipinski definition) is 4. The second kappa shape index (κ2) is 8.40. The van der Waals surface area contributed by atoms with E-state index in [4.69, 9.17) is 11.6 Å². The number of piperidine rings is 1. The molecule has 4 rings (SSSR count). The standard InChI is InChI=1S/C20H26ClN5O/c21-19-6-5-17(26-13-23-24-14-26)11-18(19)20(27)22-12-15-7-9-25(10-8-15)16-3-1-2-4-16/h5-6,11,13-16H,1-4,7-10,12H2,(H,22,27). The van der Waals surface area contributed by atoms with Crippen molar-refractivity contribution in [3.63, 3.8) is 0 Å². The molecule has 0 atom stereocenters. The minimum atomic E-state index is -0.117. The predicted octanol–water partition coefficient (Wildman–Crippen LogP) is 3.31. The Balaban J connectivity index is 1.31. The van der Waals surface area contributed by atoms with Gasteiger partial charge in [0.1, 0.15) is 12.7 Å². The van der Waals surface area contributed by atoms with Crippen LogP contribution >= 0.6 is 11.6 Å². The second-order valence-electron chi connectivity index (χ2n) is 7.66. The molecule has 1 saturated heterocycles. The van der Waals surface area contributed by atoms with Crippen LogP contribution in [0.2, 0.25) is 5.02 Å². The molecule has 144 valence electrons. The monoisotopic (exact) mass is 387 g/mol. The van der Waals surface area contributed by atoms with Gasteiger partial charge in [0.25, 0.3) is 5.91 Å². The van der Waals surface area contributed by atoms with Gasteiger partial charge in [0.05, 0.1) is 10.6 Å². The zero-order valence-corrected chi connectivity index (χ0v) is 16.2. The van der Waals surface area contributed by atoms with Crippen LogP contribution in [0, 0.1) is 5.92 Å². The van der Waals surface area contributed by atoms with Crippen molar-refractivity contribution in [3.8, 4) is 5.69 Å². The van der Waals surface area contributed by atoms with Gasteiger partial charge in [0.15, 0.2) is 0 Å². The Morgan fingerprint density at radius 1 is 1.11 bits per heavy atom. The van der Waals surface area contributed by atoms with Crippen LogP contribution in [0.15, 0.2) is 30.9 Å². The Morgan fingerprint density at radius 2 is 1.81 bits per heavy atom. The zero-order chi connectivity index (χ0) is 18.6. The fourth-order valence-electron chi connectivity index (χ4n) is 4.31. The first-order valence-corrected chi connectivity index (χ1v) is 10.3. The molecule has 2 aliphatic rings. The lowest BCUT2D eigenvalue weighted by molar-refractivity contribution is 0.0925. The summed E-state index contributed by atoms with van der Waals surface area (Å²) in [7, 11) is 0. The summed E-state index contributed by atoms with van der Waals surface area (Å²) >= 11 is 6.26. The SMILES string of the molecule is O=C(NCC1CCN(C2CCCC2)CC1)c1cc(-n2cnnc2)ccc1Cl. The Morgan fingerprint density at radius 3 is 2.52 bits per heavy atom. The van der Waals surface area contributed by atoms with E-state index in [1.165, 1.54) is 25.7 Å². The average molecular weight is 388 g/mol. The number of likely N-dealkylation sites (tertiary alicyclic amines) is 1. The van der Waals surface area contributed by atoms with Crippen molar-refractivity contribution in [1.29, 1.82) is 0 Å². The van der Waals surface area contributed by atoms with E-state index < -0.39 is 0 Å². The van der Waals surface area contributed by atoms with E-state index in [1.54, 1.807) is 29.4 Å². The van der Waals surface area contributed by atoms with Crippen LogP contribution < -0.4 is 5.32 Å². The average Bonchev–Trinajstić information content (AvgIpc) is 3.41. The van der Waals surface area contributed by atoms with Crippen LogP contribution in [0.25, 0.3) is 5.69 Å². The van der Waals surface area contributed by atoms with Crippen LogP contribution in [0.5, 0.6) is 0 Å². The van der Waals surface area contributed by atoms with E-state index in [0.29, 0.717) is 23.0 Å². The predicted molar refractivity (Wildman–Crippen MR) is 105 cm³/mol. The van der Waals surface area contributed by atoms with Crippen molar-refractivity contribution in [1.82, 2.24) is 25.0 Å². The zero-order valence-electron chi connectivity index (χ0n) is 15.5. The van der Waals surface area contributed by atoms with Gasteiger partial charge in [-0.1, -0.05) is 24.4 Å². The van der Waals surface area contributed by atoms with E-state index in [-0.39, 0.29) is 5.91 Å². The highest BCUT2D eigenvalue weighted by Gasteiger charge is 2.27. The maximum atomic E-state index is 12.7. The highest BCUT2D eigenvalue weighted by atomic mass is 35.5. The number of nitrogens with zero attached hydrogens (tertiary/aromatic N) is 4. The molecule has 7 heteroatoms. The van der Waals surface area contributed by atoms with Crippen molar-refractivity contribution in [2.75, 3.05) is 19.6 Å². The van der Waals surface area contributed by atoms with Crippen LogP contribution in [0.1, 0.15) is 48.9 Å². The molecule has 0 unspecified atom stereocenters. The maximum Gasteiger partial charge on any atom is 0.252 e. The summed E-state index contributed by atoms with van der Waals surface area (Å²) in [5.41, 5.74) is 1.31. The molecule has 0 bridgehead atoms. The lowest BCUT2D eigenvalue weighted by Gasteiger charge is -2.36. The number of halogens is 1. The van der Waals surface area contributed by atoms with Gasteiger partial charge < -0.3 is 10.2 Å². The number of nitrogens with one attached hydrogen (secondary N) is 1. The van der Waals surface area contributed by atoms with Gasteiger partial charge in [-0.05, 0) is 62.9 Å². The number of carbonyl (C=O) groups is 1. The molecule has 1 amide bonds. The molecule has 27 heavy (non-hydrogen) atoms. The molecule has 1 saturated carbocycles. The molecular weight excluding hydrogens is 362 g/mol. The molecule has 6 nitrogen and oxygen atoms in total. The van der Waals surface area contributed by atoms with Gasteiger partial charge in [-0.15, -0.1) is 10.2 Å². The van der Waals surface area contributed by atoms with E-state index >= 15 is 0 Å². The van der Waals surface area contributed by atoms with Crippen LogP contribution in [0.3, 0.4) is 0 Å². The summed E-state index contributed by atoms with van der Waals surface area (Å²) in [6.45, 7) is 3.04. The topological polar surface area (TPSA) is 63.1 Å². The fourth-order valence-corrected chi connectivity index (χ4v) is 4.51. The fraction of sp³-hybridized carbons (Fsp3) is 0.550. The Kier molecular flexibility index (Phi) is 5.74. The largest absolute Gasteiger partial charge is 0.352 e. The number of hydrogen-bond donors (Lipinski definition) is 1. The van der Waals surface area contributed by atoms with Crippen molar-refractivity contribution in [2.45, 2.75) is 44.6 Å². The highest BCUT2D eigenvalue weighted by Crippen LogP contribution is 2.27. The minimum absolute atomic E-state index is 0.117. The van der Waals surface area contributed by atoms with Gasteiger partial charge in [0, 0.05) is 18.3 Å². The molecule has 2 fully saturated rings. The molecule has 2 aromatic rings. The first-order valence-electron chi connectivity index (χ1n) is 9.87. The summed E-state index contributed by atoms with van der Waals surface area (Å²) in [4.78, 5) is 15.3.